The van der Waals surface area contributed by atoms with Gasteiger partial charge in [-0.05, 0) is 36.4 Å². The van der Waals surface area contributed by atoms with Crippen LogP contribution in [0.4, 0.5) is 11.5 Å². The van der Waals surface area contributed by atoms with Crippen molar-refractivity contribution in [1.29, 1.82) is 0 Å². The van der Waals surface area contributed by atoms with Crippen molar-refractivity contribution in [2.75, 3.05) is 12.4 Å². The monoisotopic (exact) mass is 398 g/mol. The Morgan fingerprint density at radius 3 is 2.43 bits per heavy atom. The van der Waals surface area contributed by atoms with Gasteiger partial charge in [0.2, 0.25) is 5.91 Å². The summed E-state index contributed by atoms with van der Waals surface area (Å²) in [5, 5.41) is 3.10. The van der Waals surface area contributed by atoms with Gasteiger partial charge in [0.1, 0.15) is 17.9 Å². The van der Waals surface area contributed by atoms with Gasteiger partial charge in [-0.3, -0.25) is 4.79 Å². The fourth-order valence-electron chi connectivity index (χ4n) is 2.54. The third kappa shape index (κ3) is 4.44. The van der Waals surface area contributed by atoms with Gasteiger partial charge in [0.05, 0.1) is 17.7 Å². The first-order valence-corrected chi connectivity index (χ1v) is 9.73. The van der Waals surface area contributed by atoms with Crippen LogP contribution in [0.1, 0.15) is 6.92 Å². The molecule has 0 bridgehead atoms. The Morgan fingerprint density at radius 1 is 1.04 bits per heavy atom. The predicted molar refractivity (Wildman–Crippen MR) is 105 cm³/mol. The summed E-state index contributed by atoms with van der Waals surface area (Å²) in [6.07, 6.45) is 1.43. The van der Waals surface area contributed by atoms with E-state index in [-0.39, 0.29) is 4.90 Å². The Balaban J connectivity index is 1.82. The van der Waals surface area contributed by atoms with Gasteiger partial charge >= 0.3 is 0 Å². The average Bonchev–Trinajstić information content (AvgIpc) is 2.67. The van der Waals surface area contributed by atoms with Gasteiger partial charge in [-0.2, -0.15) is 0 Å². The predicted octanol–water partition coefficient (Wildman–Crippen LogP) is 2.72. The minimum atomic E-state index is -3.87. The van der Waals surface area contributed by atoms with Crippen molar-refractivity contribution in [2.24, 2.45) is 0 Å². The number of amides is 1. The summed E-state index contributed by atoms with van der Waals surface area (Å²) in [7, 11) is -2.27. The van der Waals surface area contributed by atoms with Gasteiger partial charge in [-0.25, -0.2) is 23.1 Å². The van der Waals surface area contributed by atoms with Crippen molar-refractivity contribution in [3.63, 3.8) is 0 Å². The SMILES string of the molecule is COc1ccccc1-c1cc(Nc2ccc(S(=O)(=O)NC(C)=O)cc2)ncn1. The maximum Gasteiger partial charge on any atom is 0.264 e. The minimum Gasteiger partial charge on any atom is -0.496 e. The highest BCUT2D eigenvalue weighted by molar-refractivity contribution is 7.90. The Hall–Kier alpha value is -3.46. The van der Waals surface area contributed by atoms with Crippen LogP contribution >= 0.6 is 0 Å². The number of ether oxygens (including phenoxy) is 1. The number of aromatic nitrogens is 2. The molecule has 9 heteroatoms. The lowest BCUT2D eigenvalue weighted by atomic mass is 10.1. The quantitative estimate of drug-likeness (QED) is 0.657. The molecule has 0 radical (unpaired) electrons. The number of hydrogen-bond acceptors (Lipinski definition) is 7. The van der Waals surface area contributed by atoms with Crippen molar-refractivity contribution in [3.8, 4) is 17.0 Å². The first-order chi connectivity index (χ1) is 13.4. The zero-order chi connectivity index (χ0) is 20.1. The third-order valence-corrected chi connectivity index (χ3v) is 5.21. The molecular formula is C19H18N4O4S. The molecule has 0 aliphatic heterocycles. The highest BCUT2D eigenvalue weighted by Crippen LogP contribution is 2.29. The minimum absolute atomic E-state index is 0.00866. The molecule has 0 aliphatic carbocycles. The topological polar surface area (TPSA) is 110 Å². The number of carbonyl (C=O) groups excluding carboxylic acids is 1. The summed E-state index contributed by atoms with van der Waals surface area (Å²) >= 11 is 0. The molecule has 0 saturated heterocycles. The van der Waals surface area contributed by atoms with Crippen LogP contribution in [-0.4, -0.2) is 31.4 Å². The molecule has 3 aromatic rings. The smallest absolute Gasteiger partial charge is 0.264 e. The lowest BCUT2D eigenvalue weighted by Gasteiger charge is -2.10. The number of carbonyl (C=O) groups is 1. The summed E-state index contributed by atoms with van der Waals surface area (Å²) in [4.78, 5) is 19.5. The second kappa shape index (κ2) is 8.05. The number of benzene rings is 2. The number of sulfonamides is 1. The second-order valence-electron chi connectivity index (χ2n) is 5.80. The van der Waals surface area contributed by atoms with E-state index in [1.165, 1.54) is 18.5 Å². The molecule has 0 unspecified atom stereocenters. The van der Waals surface area contributed by atoms with Crippen LogP contribution in [0, 0.1) is 0 Å². The molecule has 2 N–H and O–H groups in total. The van der Waals surface area contributed by atoms with Gasteiger partial charge in [0.25, 0.3) is 10.0 Å². The largest absolute Gasteiger partial charge is 0.496 e. The van der Waals surface area contributed by atoms with E-state index < -0.39 is 15.9 Å². The molecule has 0 spiro atoms. The summed E-state index contributed by atoms with van der Waals surface area (Å²) < 4.78 is 31.3. The maximum absolute atomic E-state index is 12.0. The van der Waals surface area contributed by atoms with Crippen LogP contribution in [-0.2, 0) is 14.8 Å². The summed E-state index contributed by atoms with van der Waals surface area (Å²) in [6.45, 7) is 1.14. The van der Waals surface area contributed by atoms with E-state index in [1.54, 1.807) is 25.3 Å². The molecule has 0 fully saturated rings. The molecule has 8 nitrogen and oxygen atoms in total. The second-order valence-corrected chi connectivity index (χ2v) is 7.48. The lowest BCUT2D eigenvalue weighted by Crippen LogP contribution is -2.28. The van der Waals surface area contributed by atoms with Crippen molar-refractivity contribution >= 4 is 27.4 Å². The Morgan fingerprint density at radius 2 is 1.75 bits per heavy atom. The summed E-state index contributed by atoms with van der Waals surface area (Å²) in [5.41, 5.74) is 2.14. The first kappa shape index (κ1) is 19.3. The molecule has 0 atom stereocenters. The number of hydrogen-bond donors (Lipinski definition) is 2. The van der Waals surface area contributed by atoms with Gasteiger partial charge in [0, 0.05) is 24.2 Å². The van der Waals surface area contributed by atoms with Gasteiger partial charge in [-0.1, -0.05) is 12.1 Å². The molecule has 0 saturated carbocycles. The van der Waals surface area contributed by atoms with E-state index in [4.69, 9.17) is 4.74 Å². The number of para-hydroxylation sites is 1. The molecular weight excluding hydrogens is 380 g/mol. The highest BCUT2D eigenvalue weighted by Gasteiger charge is 2.15. The Bertz CT molecular complexity index is 1100. The first-order valence-electron chi connectivity index (χ1n) is 8.25. The zero-order valence-corrected chi connectivity index (χ0v) is 16.0. The molecule has 144 valence electrons. The maximum atomic E-state index is 12.0. The van der Waals surface area contributed by atoms with E-state index in [1.807, 2.05) is 29.0 Å². The van der Waals surface area contributed by atoms with Gasteiger partial charge in [-0.15, -0.1) is 0 Å². The number of anilines is 2. The van der Waals surface area contributed by atoms with Crippen LogP contribution in [0.15, 0.2) is 65.8 Å². The number of nitrogens with one attached hydrogen (secondary N) is 2. The van der Waals surface area contributed by atoms with Crippen LogP contribution in [0.5, 0.6) is 5.75 Å². The molecule has 28 heavy (non-hydrogen) atoms. The van der Waals surface area contributed by atoms with Crippen LogP contribution < -0.4 is 14.8 Å². The van der Waals surface area contributed by atoms with Crippen LogP contribution in [0.3, 0.4) is 0 Å². The molecule has 0 aliphatic rings. The average molecular weight is 398 g/mol. The summed E-state index contributed by atoms with van der Waals surface area (Å²) in [5.74, 6) is 0.583. The van der Waals surface area contributed by atoms with E-state index in [0.717, 1.165) is 12.5 Å². The summed E-state index contributed by atoms with van der Waals surface area (Å²) in [6, 6.07) is 15.2. The molecule has 1 aromatic heterocycles. The molecule has 2 aromatic carbocycles. The van der Waals surface area contributed by atoms with E-state index >= 15 is 0 Å². The van der Waals surface area contributed by atoms with Gasteiger partial charge < -0.3 is 10.1 Å². The zero-order valence-electron chi connectivity index (χ0n) is 15.2. The molecule has 1 heterocycles. The van der Waals surface area contributed by atoms with E-state index in [2.05, 4.69) is 15.3 Å². The Labute approximate surface area is 162 Å². The van der Waals surface area contributed by atoms with Crippen molar-refractivity contribution in [2.45, 2.75) is 11.8 Å². The van der Waals surface area contributed by atoms with Crippen molar-refractivity contribution in [1.82, 2.24) is 14.7 Å². The highest BCUT2D eigenvalue weighted by atomic mass is 32.2. The van der Waals surface area contributed by atoms with Gasteiger partial charge in [0.15, 0.2) is 0 Å². The number of rotatable bonds is 6. The molecule has 3 rings (SSSR count). The number of methoxy groups -OCH3 is 1. The Kier molecular flexibility index (Phi) is 5.55. The number of nitrogens with zero attached hydrogens (tertiary/aromatic N) is 2. The standard InChI is InChI=1S/C19H18N4O4S/c1-13(24)23-28(25,26)15-9-7-14(8-10-15)22-19-11-17(20-12-21-19)16-5-3-4-6-18(16)27-2/h3-12H,1-2H3,(H,23,24)(H,20,21,22). The van der Waals surface area contributed by atoms with Crippen LogP contribution in [0.2, 0.25) is 0 Å². The van der Waals surface area contributed by atoms with E-state index in [0.29, 0.717) is 22.9 Å². The van der Waals surface area contributed by atoms with Crippen molar-refractivity contribution in [3.05, 3.63) is 60.9 Å². The normalized spacial score (nSPS) is 10.9. The van der Waals surface area contributed by atoms with E-state index in [9.17, 15) is 13.2 Å². The van der Waals surface area contributed by atoms with Crippen LogP contribution in [0.25, 0.3) is 11.3 Å². The lowest BCUT2D eigenvalue weighted by molar-refractivity contribution is -0.117. The van der Waals surface area contributed by atoms with Crippen molar-refractivity contribution < 1.29 is 17.9 Å². The molecule has 1 amide bonds. The fourth-order valence-corrected chi connectivity index (χ4v) is 3.53. The fraction of sp³-hybridized carbons (Fsp3) is 0.105. The third-order valence-electron chi connectivity index (χ3n) is 3.77.